The summed E-state index contributed by atoms with van der Waals surface area (Å²) in [5, 5.41) is 3.36. The molecule has 11 heavy (non-hydrogen) atoms. The van der Waals surface area contributed by atoms with Crippen LogP contribution in [-0.2, 0) is 0 Å². The Morgan fingerprint density at radius 3 is 3.27 bits per heavy atom. The van der Waals surface area contributed by atoms with Crippen LogP contribution in [0.25, 0.3) is 0 Å². The molecule has 1 N–H and O–H groups in total. The molecule has 0 saturated carbocycles. The maximum Gasteiger partial charge on any atom is 0.0887 e. The van der Waals surface area contributed by atoms with Crippen molar-refractivity contribution >= 4 is 6.21 Å². The second-order valence-electron chi connectivity index (χ2n) is 3.22. The third kappa shape index (κ3) is 1.03. The minimum absolute atomic E-state index is 0.108. The number of allylic oxidation sites excluding steroid dienone is 2. The Hall–Kier alpha value is -0.890. The van der Waals surface area contributed by atoms with Crippen molar-refractivity contribution in [2.45, 2.75) is 12.5 Å². The number of nitrogens with zero attached hydrogens (tertiary/aromatic N) is 1. The van der Waals surface area contributed by atoms with Gasteiger partial charge in [0.25, 0.3) is 0 Å². The molecule has 1 aliphatic heterocycles. The lowest BCUT2D eigenvalue weighted by atomic mass is 9.82. The third-order valence-electron chi connectivity index (χ3n) is 2.38. The summed E-state index contributed by atoms with van der Waals surface area (Å²) in [7, 11) is 0. The first-order valence-corrected chi connectivity index (χ1v) is 3.92. The Morgan fingerprint density at radius 2 is 2.45 bits per heavy atom. The van der Waals surface area contributed by atoms with E-state index in [4.69, 9.17) is 0 Å². The highest BCUT2D eigenvalue weighted by atomic mass is 15.1. The molecular formula is C9H12N2. The number of aliphatic imine (C=N–C) groups is 1. The van der Waals surface area contributed by atoms with E-state index < -0.39 is 0 Å². The van der Waals surface area contributed by atoms with Gasteiger partial charge in [0, 0.05) is 17.7 Å². The molecular weight excluding hydrogens is 136 g/mol. The number of fused-ring (bicyclic) bond motifs is 1. The van der Waals surface area contributed by atoms with E-state index in [2.05, 4.69) is 41.5 Å². The minimum atomic E-state index is 0.108. The van der Waals surface area contributed by atoms with E-state index in [1.807, 2.05) is 6.21 Å². The molecule has 0 saturated heterocycles. The van der Waals surface area contributed by atoms with Gasteiger partial charge in [-0.1, -0.05) is 24.3 Å². The molecule has 0 bridgehead atoms. The largest absolute Gasteiger partial charge is 0.289 e. The predicted octanol–water partition coefficient (Wildman–Crippen LogP) is 1.12. The summed E-state index contributed by atoms with van der Waals surface area (Å²) in [6, 6.07) is 0. The molecule has 0 fully saturated rings. The second kappa shape index (κ2) is 2.31. The van der Waals surface area contributed by atoms with Crippen LogP contribution < -0.4 is 5.32 Å². The molecule has 2 atom stereocenters. The van der Waals surface area contributed by atoms with Gasteiger partial charge < -0.3 is 0 Å². The fraction of sp³-hybridized carbons (Fsp3) is 0.444. The Kier molecular flexibility index (Phi) is 1.43. The highest BCUT2D eigenvalue weighted by Crippen LogP contribution is 2.24. The molecule has 0 amide bonds. The molecule has 1 heterocycles. The van der Waals surface area contributed by atoms with Gasteiger partial charge in [-0.05, 0) is 6.92 Å². The van der Waals surface area contributed by atoms with Gasteiger partial charge in [-0.15, -0.1) is 0 Å². The Labute approximate surface area is 66.7 Å². The molecule has 0 radical (unpaired) electrons. The Bertz CT molecular complexity index is 240. The fourth-order valence-corrected chi connectivity index (χ4v) is 1.51. The highest BCUT2D eigenvalue weighted by molar-refractivity contribution is 5.68. The molecule has 2 unspecified atom stereocenters. The van der Waals surface area contributed by atoms with E-state index in [1.165, 1.54) is 0 Å². The lowest BCUT2D eigenvalue weighted by Gasteiger charge is -2.36. The van der Waals surface area contributed by atoms with Gasteiger partial charge >= 0.3 is 0 Å². The first-order valence-electron chi connectivity index (χ1n) is 3.92. The molecule has 58 valence electrons. The molecule has 0 aromatic heterocycles. The summed E-state index contributed by atoms with van der Waals surface area (Å²) in [6.07, 6.45) is 10.6. The van der Waals surface area contributed by atoms with Gasteiger partial charge in [0.1, 0.15) is 0 Å². The summed E-state index contributed by atoms with van der Waals surface area (Å²) in [6.45, 7) is 2.94. The van der Waals surface area contributed by atoms with Crippen LogP contribution in [0.3, 0.4) is 0 Å². The molecule has 2 nitrogen and oxygen atoms in total. The lowest BCUT2D eigenvalue weighted by molar-refractivity contribution is 0.386. The van der Waals surface area contributed by atoms with Crippen LogP contribution in [0, 0.1) is 5.92 Å². The Morgan fingerprint density at radius 1 is 1.55 bits per heavy atom. The van der Waals surface area contributed by atoms with Crippen molar-refractivity contribution in [2.75, 3.05) is 6.67 Å². The van der Waals surface area contributed by atoms with Crippen molar-refractivity contribution in [2.24, 2.45) is 10.9 Å². The summed E-state index contributed by atoms with van der Waals surface area (Å²) >= 11 is 0. The van der Waals surface area contributed by atoms with Crippen LogP contribution in [0.15, 0.2) is 29.3 Å². The van der Waals surface area contributed by atoms with Crippen molar-refractivity contribution < 1.29 is 0 Å². The molecule has 0 spiro atoms. The zero-order valence-corrected chi connectivity index (χ0v) is 6.62. The fourth-order valence-electron chi connectivity index (χ4n) is 1.51. The van der Waals surface area contributed by atoms with Crippen molar-refractivity contribution in [3.05, 3.63) is 24.3 Å². The molecule has 0 aromatic carbocycles. The first-order chi connectivity index (χ1) is 5.31. The summed E-state index contributed by atoms with van der Waals surface area (Å²) in [5.74, 6) is 0.432. The maximum atomic E-state index is 4.19. The molecule has 2 rings (SSSR count). The monoisotopic (exact) mass is 148 g/mol. The number of rotatable bonds is 0. The van der Waals surface area contributed by atoms with Crippen LogP contribution in [-0.4, -0.2) is 18.4 Å². The van der Waals surface area contributed by atoms with Crippen molar-refractivity contribution in [3.63, 3.8) is 0 Å². The van der Waals surface area contributed by atoms with Gasteiger partial charge in [-0.3, -0.25) is 10.3 Å². The standard InChI is InChI=1S/C9H12N2/c1-9-5-3-2-4-8(9)6-10-7-11-9/h2-6,8,11H,7H2,1H3. The molecule has 2 aliphatic rings. The molecule has 2 heteroatoms. The highest BCUT2D eigenvalue weighted by Gasteiger charge is 2.31. The van der Waals surface area contributed by atoms with Crippen molar-refractivity contribution in [1.29, 1.82) is 0 Å². The van der Waals surface area contributed by atoms with Crippen LogP contribution in [0.1, 0.15) is 6.92 Å². The van der Waals surface area contributed by atoms with Crippen LogP contribution in [0.5, 0.6) is 0 Å². The first kappa shape index (κ1) is 6.80. The predicted molar refractivity (Wildman–Crippen MR) is 46.7 cm³/mol. The summed E-state index contributed by atoms with van der Waals surface area (Å²) < 4.78 is 0. The van der Waals surface area contributed by atoms with Gasteiger partial charge in [0.05, 0.1) is 6.67 Å². The maximum absolute atomic E-state index is 4.19. The lowest BCUT2D eigenvalue weighted by Crippen LogP contribution is -2.50. The quantitative estimate of drug-likeness (QED) is 0.547. The SMILES string of the molecule is CC12C=CC=CC1C=NCN2. The average Bonchev–Trinajstić information content (AvgIpc) is 2.03. The average molecular weight is 148 g/mol. The number of hydrogen-bond acceptors (Lipinski definition) is 2. The summed E-state index contributed by atoms with van der Waals surface area (Å²) in [4.78, 5) is 4.19. The van der Waals surface area contributed by atoms with Crippen molar-refractivity contribution in [3.8, 4) is 0 Å². The second-order valence-corrected chi connectivity index (χ2v) is 3.22. The van der Waals surface area contributed by atoms with Gasteiger partial charge in [0.15, 0.2) is 0 Å². The van der Waals surface area contributed by atoms with E-state index in [0.717, 1.165) is 6.67 Å². The molecule has 1 aliphatic carbocycles. The van der Waals surface area contributed by atoms with E-state index in [1.54, 1.807) is 0 Å². The van der Waals surface area contributed by atoms with Gasteiger partial charge in [0.2, 0.25) is 0 Å². The topological polar surface area (TPSA) is 24.4 Å². The smallest absolute Gasteiger partial charge is 0.0887 e. The number of hydrogen-bond donors (Lipinski definition) is 1. The minimum Gasteiger partial charge on any atom is -0.289 e. The molecule has 0 aromatic rings. The van der Waals surface area contributed by atoms with Crippen LogP contribution >= 0.6 is 0 Å². The van der Waals surface area contributed by atoms with E-state index in [0.29, 0.717) is 5.92 Å². The zero-order valence-electron chi connectivity index (χ0n) is 6.62. The van der Waals surface area contributed by atoms with E-state index in [9.17, 15) is 0 Å². The normalized spacial score (nSPS) is 40.6. The third-order valence-corrected chi connectivity index (χ3v) is 2.38. The zero-order chi connectivity index (χ0) is 7.73. The van der Waals surface area contributed by atoms with Crippen LogP contribution in [0.2, 0.25) is 0 Å². The Balaban J connectivity index is 2.33. The summed E-state index contributed by atoms with van der Waals surface area (Å²) in [5.41, 5.74) is 0.108. The number of nitrogens with one attached hydrogen (secondary N) is 1. The van der Waals surface area contributed by atoms with E-state index in [-0.39, 0.29) is 5.54 Å². The van der Waals surface area contributed by atoms with Crippen LogP contribution in [0.4, 0.5) is 0 Å². The van der Waals surface area contributed by atoms with E-state index >= 15 is 0 Å². The van der Waals surface area contributed by atoms with Crippen molar-refractivity contribution in [1.82, 2.24) is 5.32 Å². The van der Waals surface area contributed by atoms with Gasteiger partial charge in [-0.2, -0.15) is 0 Å². The van der Waals surface area contributed by atoms with Gasteiger partial charge in [-0.25, -0.2) is 0 Å².